The van der Waals surface area contributed by atoms with Crippen LogP contribution in [0.1, 0.15) is 57.9 Å². The van der Waals surface area contributed by atoms with Crippen LogP contribution in [-0.2, 0) is 20.8 Å². The highest BCUT2D eigenvalue weighted by atomic mass is 19.1. The molecule has 1 N–H and O–H groups in total. The number of hydrogen-bond donors (Lipinski definition) is 1. The molecule has 1 unspecified atom stereocenters. The summed E-state index contributed by atoms with van der Waals surface area (Å²) in [4.78, 5) is 23.1. The second-order valence-corrected chi connectivity index (χ2v) is 11.1. The zero-order valence-electron chi connectivity index (χ0n) is 21.3. The Bertz CT molecular complexity index is 1070. The number of rotatable bonds is 4. The first kappa shape index (κ1) is 23.9. The number of hydrogen-bond acceptors (Lipinski definition) is 6. The van der Waals surface area contributed by atoms with E-state index in [1.807, 2.05) is 24.0 Å². The summed E-state index contributed by atoms with van der Waals surface area (Å²) in [7, 11) is 0. The molecule has 7 rings (SSSR count). The highest BCUT2D eigenvalue weighted by molar-refractivity contribution is 5.82. The third-order valence-corrected chi connectivity index (χ3v) is 8.70. The first-order valence-electron chi connectivity index (χ1n) is 13.5. The van der Waals surface area contributed by atoms with Gasteiger partial charge in [-0.2, -0.15) is 0 Å². The standard InChI is InChI=1S/C28H37FN4O3/c1-3-35-24-9-6-18(13-23(24)29)27(34)33-15-19-5-4-12-30-26(19)31-28(2)11-10-20(14-25(28)33)32-16-22-8-7-21(32)17-36-22/h4-5,10,12,14,18,21-24H,3,6-9,11,13,15-17H2,1-2H3,(H,30,31)/t18-,21+,22+,23+,24+,28?/m1/s1. The number of halogens is 1. The lowest BCUT2D eigenvalue weighted by molar-refractivity contribution is -0.138. The van der Waals surface area contributed by atoms with Crippen LogP contribution in [-0.4, -0.2) is 70.4 Å². The molecule has 2 aliphatic carbocycles. The molecule has 2 bridgehead atoms. The summed E-state index contributed by atoms with van der Waals surface area (Å²) < 4.78 is 26.5. The van der Waals surface area contributed by atoms with Gasteiger partial charge in [-0.3, -0.25) is 4.79 Å². The van der Waals surface area contributed by atoms with Crippen molar-refractivity contribution in [1.29, 1.82) is 0 Å². The van der Waals surface area contributed by atoms with Crippen LogP contribution in [0.4, 0.5) is 10.2 Å². The van der Waals surface area contributed by atoms with E-state index in [4.69, 9.17) is 9.47 Å². The van der Waals surface area contributed by atoms with Gasteiger partial charge < -0.3 is 24.6 Å². The van der Waals surface area contributed by atoms with E-state index in [1.54, 1.807) is 6.20 Å². The van der Waals surface area contributed by atoms with Crippen LogP contribution in [0.15, 0.2) is 41.9 Å². The van der Waals surface area contributed by atoms with Gasteiger partial charge >= 0.3 is 0 Å². The second-order valence-electron chi connectivity index (χ2n) is 11.1. The molecular weight excluding hydrogens is 459 g/mol. The molecule has 6 aliphatic rings. The Labute approximate surface area is 212 Å². The molecule has 1 amide bonds. The van der Waals surface area contributed by atoms with Gasteiger partial charge in [-0.15, -0.1) is 0 Å². The summed E-state index contributed by atoms with van der Waals surface area (Å²) in [5.41, 5.74) is 2.62. The Hall–Kier alpha value is -2.45. The Morgan fingerprint density at radius 1 is 1.33 bits per heavy atom. The van der Waals surface area contributed by atoms with E-state index >= 15 is 0 Å². The topological polar surface area (TPSA) is 66.9 Å². The number of aromatic nitrogens is 1. The first-order chi connectivity index (χ1) is 17.4. The fourth-order valence-corrected chi connectivity index (χ4v) is 6.66. The number of amides is 1. The minimum atomic E-state index is -1.11. The fourth-order valence-electron chi connectivity index (χ4n) is 6.66. The minimum absolute atomic E-state index is 0.00771. The molecule has 1 saturated carbocycles. The third-order valence-electron chi connectivity index (χ3n) is 8.70. The number of nitrogens with one attached hydrogen (secondary N) is 1. The van der Waals surface area contributed by atoms with E-state index < -0.39 is 17.8 Å². The first-order valence-corrected chi connectivity index (χ1v) is 13.5. The number of alkyl halides is 1. The zero-order chi connectivity index (χ0) is 24.9. The Balaban J connectivity index is 1.33. The summed E-state index contributed by atoms with van der Waals surface area (Å²) in [5.74, 6) is 0.467. The van der Waals surface area contributed by atoms with E-state index in [1.165, 1.54) is 5.70 Å². The van der Waals surface area contributed by atoms with Crippen LogP contribution in [0.5, 0.6) is 0 Å². The van der Waals surface area contributed by atoms with Gasteiger partial charge in [0.25, 0.3) is 0 Å². The quantitative estimate of drug-likeness (QED) is 0.675. The molecule has 1 aromatic rings. The lowest BCUT2D eigenvalue weighted by Gasteiger charge is -2.49. The molecule has 1 aromatic heterocycles. The van der Waals surface area contributed by atoms with Crippen molar-refractivity contribution in [3.05, 3.63) is 47.4 Å². The zero-order valence-corrected chi connectivity index (χ0v) is 21.3. The molecule has 5 heterocycles. The Morgan fingerprint density at radius 2 is 2.22 bits per heavy atom. The van der Waals surface area contributed by atoms with Crippen molar-refractivity contribution in [3.8, 4) is 0 Å². The average Bonchev–Trinajstić information content (AvgIpc) is 3.03. The summed E-state index contributed by atoms with van der Waals surface area (Å²) in [6.45, 7) is 6.62. The molecule has 194 valence electrons. The van der Waals surface area contributed by atoms with E-state index in [2.05, 4.69) is 34.3 Å². The number of pyridine rings is 1. The second kappa shape index (κ2) is 9.45. The van der Waals surface area contributed by atoms with Gasteiger partial charge in [0.2, 0.25) is 5.91 Å². The number of morpholine rings is 1. The largest absolute Gasteiger partial charge is 0.375 e. The third kappa shape index (κ3) is 4.22. The summed E-state index contributed by atoms with van der Waals surface area (Å²) in [5, 5.41) is 3.66. The van der Waals surface area contributed by atoms with E-state index in [9.17, 15) is 9.18 Å². The molecule has 0 spiro atoms. The molecule has 0 radical (unpaired) electrons. The lowest BCUT2D eigenvalue weighted by atomic mass is 9.83. The van der Waals surface area contributed by atoms with Crippen molar-refractivity contribution < 1.29 is 18.7 Å². The fraction of sp³-hybridized carbons (Fsp3) is 0.643. The predicted octanol–water partition coefficient (Wildman–Crippen LogP) is 4.17. The maximum atomic E-state index is 15.0. The van der Waals surface area contributed by atoms with Crippen molar-refractivity contribution in [1.82, 2.24) is 14.8 Å². The average molecular weight is 497 g/mol. The van der Waals surface area contributed by atoms with E-state index in [0.29, 0.717) is 32.0 Å². The van der Waals surface area contributed by atoms with Crippen molar-refractivity contribution >= 4 is 11.7 Å². The van der Waals surface area contributed by atoms with Crippen molar-refractivity contribution in [2.24, 2.45) is 5.92 Å². The highest BCUT2D eigenvalue weighted by Crippen LogP contribution is 2.42. The number of piperidine rings is 1. The number of anilines is 1. The van der Waals surface area contributed by atoms with Gasteiger partial charge in [0.15, 0.2) is 0 Å². The smallest absolute Gasteiger partial charge is 0.230 e. The Kier molecular flexibility index (Phi) is 6.28. The van der Waals surface area contributed by atoms with Crippen LogP contribution in [0.25, 0.3) is 0 Å². The molecule has 4 aliphatic heterocycles. The summed E-state index contributed by atoms with van der Waals surface area (Å²) >= 11 is 0. The molecule has 7 nitrogen and oxygen atoms in total. The van der Waals surface area contributed by atoms with Gasteiger partial charge in [0.05, 0.1) is 36.9 Å². The lowest BCUT2D eigenvalue weighted by Crippen LogP contribution is -2.54. The predicted molar refractivity (Wildman–Crippen MR) is 135 cm³/mol. The number of fused-ring (bicyclic) bond motifs is 5. The number of carbonyl (C=O) groups excluding carboxylic acids is 1. The van der Waals surface area contributed by atoms with Crippen molar-refractivity contribution in [2.45, 2.75) is 88.9 Å². The molecule has 8 heteroatoms. The van der Waals surface area contributed by atoms with Gasteiger partial charge in [0, 0.05) is 42.2 Å². The van der Waals surface area contributed by atoms with Gasteiger partial charge in [-0.1, -0.05) is 12.1 Å². The van der Waals surface area contributed by atoms with Crippen molar-refractivity contribution in [2.75, 3.05) is 25.1 Å². The molecule has 0 aromatic carbocycles. The normalized spacial score (nSPS) is 35.7. The summed E-state index contributed by atoms with van der Waals surface area (Å²) in [6.07, 6.45) is 9.47. The molecular formula is C28H37FN4O3. The summed E-state index contributed by atoms with van der Waals surface area (Å²) in [6, 6.07) is 4.31. The van der Waals surface area contributed by atoms with Gasteiger partial charge in [-0.25, -0.2) is 9.37 Å². The highest BCUT2D eigenvalue weighted by Gasteiger charge is 2.45. The van der Waals surface area contributed by atoms with Crippen LogP contribution in [0.3, 0.4) is 0 Å². The molecule has 3 saturated heterocycles. The monoisotopic (exact) mass is 496 g/mol. The van der Waals surface area contributed by atoms with Gasteiger partial charge in [0.1, 0.15) is 12.0 Å². The van der Waals surface area contributed by atoms with Crippen LogP contribution in [0.2, 0.25) is 0 Å². The number of carbonyl (C=O) groups is 1. The van der Waals surface area contributed by atoms with E-state index in [0.717, 1.165) is 49.5 Å². The molecule has 6 atom stereocenters. The number of ether oxygens (including phenoxy) is 2. The van der Waals surface area contributed by atoms with Crippen LogP contribution < -0.4 is 5.32 Å². The number of allylic oxidation sites excluding steroid dienone is 1. The molecule has 36 heavy (non-hydrogen) atoms. The van der Waals surface area contributed by atoms with Gasteiger partial charge in [-0.05, 0) is 64.5 Å². The number of nitrogens with zero attached hydrogens (tertiary/aromatic N) is 3. The van der Waals surface area contributed by atoms with E-state index in [-0.39, 0.29) is 24.3 Å². The maximum Gasteiger partial charge on any atom is 0.230 e. The van der Waals surface area contributed by atoms with Crippen molar-refractivity contribution in [3.63, 3.8) is 0 Å². The SMILES string of the molecule is CCO[C@H]1CC[C@@H](C(=O)N2Cc3cccnc3NC3(C)CC=C(N4C[C@@H]5CC[C@H]4CO5)C=C23)C[C@@H]1F. The van der Waals surface area contributed by atoms with Crippen LogP contribution >= 0.6 is 0 Å². The Morgan fingerprint density at radius 3 is 2.94 bits per heavy atom. The molecule has 4 fully saturated rings. The maximum absolute atomic E-state index is 15.0. The minimum Gasteiger partial charge on any atom is -0.375 e. The van der Waals surface area contributed by atoms with Crippen LogP contribution in [0, 0.1) is 5.92 Å².